The molecule has 0 aromatic heterocycles. The van der Waals surface area contributed by atoms with E-state index in [1.165, 1.54) is 22.3 Å². The highest BCUT2D eigenvalue weighted by atomic mass is 14.8. The molecule has 2 aromatic carbocycles. The number of nitrogens with one attached hydrogen (secondary N) is 1. The van der Waals surface area contributed by atoms with E-state index in [1.54, 1.807) is 0 Å². The summed E-state index contributed by atoms with van der Waals surface area (Å²) in [7, 11) is 0. The van der Waals surface area contributed by atoms with Crippen LogP contribution in [-0.2, 0) is 12.8 Å². The first-order chi connectivity index (χ1) is 10.2. The Morgan fingerprint density at radius 1 is 0.905 bits per heavy atom. The molecule has 2 aromatic rings. The lowest BCUT2D eigenvalue weighted by Crippen LogP contribution is -2.23. The number of aryl methyl sites for hydroxylation is 2. The molecule has 0 aliphatic rings. The van der Waals surface area contributed by atoms with Gasteiger partial charge in [0.1, 0.15) is 0 Å². The van der Waals surface area contributed by atoms with Gasteiger partial charge in [0.05, 0.1) is 0 Å². The summed E-state index contributed by atoms with van der Waals surface area (Å²) in [5.41, 5.74) is 5.71. The van der Waals surface area contributed by atoms with Crippen LogP contribution in [0.4, 0.5) is 0 Å². The highest BCUT2D eigenvalue weighted by Crippen LogP contribution is 2.23. The lowest BCUT2D eigenvalue weighted by Gasteiger charge is -2.20. The molecule has 0 heterocycles. The van der Waals surface area contributed by atoms with Crippen molar-refractivity contribution in [3.63, 3.8) is 0 Å². The Hall–Kier alpha value is -1.60. The van der Waals surface area contributed by atoms with Crippen molar-refractivity contribution >= 4 is 0 Å². The summed E-state index contributed by atoms with van der Waals surface area (Å²) in [6, 6.07) is 17.9. The fourth-order valence-corrected chi connectivity index (χ4v) is 2.85. The molecule has 0 aliphatic carbocycles. The average Bonchev–Trinajstić information content (AvgIpc) is 2.53. The van der Waals surface area contributed by atoms with E-state index in [-0.39, 0.29) is 0 Å². The van der Waals surface area contributed by atoms with Gasteiger partial charge in [-0.2, -0.15) is 0 Å². The Morgan fingerprint density at radius 2 is 1.57 bits per heavy atom. The first kappa shape index (κ1) is 15.8. The van der Waals surface area contributed by atoms with Gasteiger partial charge in [0.15, 0.2) is 0 Å². The van der Waals surface area contributed by atoms with Gasteiger partial charge in [-0.25, -0.2) is 0 Å². The molecule has 0 fully saturated rings. The molecule has 112 valence electrons. The standard InChI is InChI=1S/C20H27N/c1-4-17-10-12-18(13-11-17)14-19(15-21-5-2)20-9-7-6-8-16(20)3/h6-13,19,21H,4-5,14-15H2,1-3H3. The molecule has 1 N–H and O–H groups in total. The molecule has 0 amide bonds. The van der Waals surface area contributed by atoms with E-state index in [4.69, 9.17) is 0 Å². The van der Waals surface area contributed by atoms with Crippen molar-refractivity contribution in [1.82, 2.24) is 5.32 Å². The minimum Gasteiger partial charge on any atom is -0.316 e. The van der Waals surface area contributed by atoms with Gasteiger partial charge in [-0.15, -0.1) is 0 Å². The van der Waals surface area contributed by atoms with Gasteiger partial charge in [-0.3, -0.25) is 0 Å². The molecular weight excluding hydrogens is 254 g/mol. The summed E-state index contributed by atoms with van der Waals surface area (Å²) in [5.74, 6) is 0.540. The summed E-state index contributed by atoms with van der Waals surface area (Å²) in [6.07, 6.45) is 2.21. The summed E-state index contributed by atoms with van der Waals surface area (Å²) in [6.45, 7) is 8.66. The van der Waals surface area contributed by atoms with E-state index >= 15 is 0 Å². The molecule has 2 rings (SSSR count). The van der Waals surface area contributed by atoms with E-state index in [1.807, 2.05) is 0 Å². The van der Waals surface area contributed by atoms with Gasteiger partial charge in [-0.1, -0.05) is 62.4 Å². The van der Waals surface area contributed by atoms with Crippen molar-refractivity contribution in [2.75, 3.05) is 13.1 Å². The van der Waals surface area contributed by atoms with Crippen molar-refractivity contribution < 1.29 is 0 Å². The van der Waals surface area contributed by atoms with Gasteiger partial charge in [0.2, 0.25) is 0 Å². The second-order valence-corrected chi connectivity index (χ2v) is 5.74. The molecule has 0 bridgehead atoms. The van der Waals surface area contributed by atoms with E-state index < -0.39 is 0 Å². The van der Waals surface area contributed by atoms with Crippen LogP contribution in [0.15, 0.2) is 48.5 Å². The van der Waals surface area contributed by atoms with Crippen molar-refractivity contribution in [3.8, 4) is 0 Å². The third-order valence-electron chi connectivity index (χ3n) is 4.18. The normalized spacial score (nSPS) is 12.3. The van der Waals surface area contributed by atoms with Gasteiger partial charge < -0.3 is 5.32 Å². The van der Waals surface area contributed by atoms with Gasteiger partial charge in [0, 0.05) is 12.5 Å². The first-order valence-corrected chi connectivity index (χ1v) is 8.08. The highest BCUT2D eigenvalue weighted by molar-refractivity contribution is 5.32. The molecule has 1 atom stereocenters. The molecule has 0 spiro atoms. The second kappa shape index (κ2) is 7.99. The van der Waals surface area contributed by atoms with Crippen LogP contribution in [0, 0.1) is 6.92 Å². The molecule has 21 heavy (non-hydrogen) atoms. The SMILES string of the molecule is CCNCC(Cc1ccc(CC)cc1)c1ccccc1C. The van der Waals surface area contributed by atoms with Crippen LogP contribution in [-0.4, -0.2) is 13.1 Å². The second-order valence-electron chi connectivity index (χ2n) is 5.74. The number of likely N-dealkylation sites (N-methyl/N-ethyl adjacent to an activating group) is 1. The van der Waals surface area contributed by atoms with Crippen molar-refractivity contribution in [3.05, 3.63) is 70.8 Å². The lowest BCUT2D eigenvalue weighted by atomic mass is 9.89. The molecule has 1 heteroatoms. The van der Waals surface area contributed by atoms with Crippen molar-refractivity contribution in [2.45, 2.75) is 39.5 Å². The summed E-state index contributed by atoms with van der Waals surface area (Å²) < 4.78 is 0. The number of hydrogen-bond acceptors (Lipinski definition) is 1. The Balaban J connectivity index is 2.17. The van der Waals surface area contributed by atoms with Crippen LogP contribution < -0.4 is 5.32 Å². The van der Waals surface area contributed by atoms with Crippen molar-refractivity contribution in [1.29, 1.82) is 0 Å². The van der Waals surface area contributed by atoms with Crippen LogP contribution in [0.1, 0.15) is 42.0 Å². The van der Waals surface area contributed by atoms with E-state index in [0.717, 1.165) is 25.9 Å². The Labute approximate surface area is 129 Å². The maximum Gasteiger partial charge on any atom is 0.00233 e. The molecule has 1 unspecified atom stereocenters. The smallest absolute Gasteiger partial charge is 0.00233 e. The summed E-state index contributed by atoms with van der Waals surface area (Å²) in [5, 5.41) is 3.52. The zero-order chi connectivity index (χ0) is 15.1. The third-order valence-corrected chi connectivity index (χ3v) is 4.18. The quantitative estimate of drug-likeness (QED) is 0.788. The zero-order valence-corrected chi connectivity index (χ0v) is 13.5. The first-order valence-electron chi connectivity index (χ1n) is 8.08. The molecule has 0 saturated carbocycles. The average molecular weight is 281 g/mol. The van der Waals surface area contributed by atoms with Crippen LogP contribution in [0.2, 0.25) is 0 Å². The monoisotopic (exact) mass is 281 g/mol. The zero-order valence-electron chi connectivity index (χ0n) is 13.5. The third kappa shape index (κ3) is 4.44. The molecule has 0 saturated heterocycles. The predicted molar refractivity (Wildman–Crippen MR) is 92.0 cm³/mol. The fraction of sp³-hybridized carbons (Fsp3) is 0.400. The number of hydrogen-bond donors (Lipinski definition) is 1. The van der Waals surface area contributed by atoms with Gasteiger partial charge >= 0.3 is 0 Å². The van der Waals surface area contributed by atoms with E-state index in [9.17, 15) is 0 Å². The molecule has 1 nitrogen and oxygen atoms in total. The summed E-state index contributed by atoms with van der Waals surface area (Å²) >= 11 is 0. The van der Waals surface area contributed by atoms with Crippen LogP contribution in [0.5, 0.6) is 0 Å². The highest BCUT2D eigenvalue weighted by Gasteiger charge is 2.14. The maximum absolute atomic E-state index is 3.52. The van der Waals surface area contributed by atoms with Crippen molar-refractivity contribution in [2.24, 2.45) is 0 Å². The van der Waals surface area contributed by atoms with E-state index in [0.29, 0.717) is 5.92 Å². The Kier molecular flexibility index (Phi) is 6.01. The predicted octanol–water partition coefficient (Wildman–Crippen LogP) is 4.49. The fourth-order valence-electron chi connectivity index (χ4n) is 2.85. The molecule has 0 aliphatic heterocycles. The van der Waals surface area contributed by atoms with E-state index in [2.05, 4.69) is 74.6 Å². The van der Waals surface area contributed by atoms with Crippen LogP contribution in [0.3, 0.4) is 0 Å². The number of rotatable bonds is 7. The molecular formula is C20H27N. The minimum absolute atomic E-state index is 0.540. The summed E-state index contributed by atoms with van der Waals surface area (Å²) in [4.78, 5) is 0. The Morgan fingerprint density at radius 3 is 2.19 bits per heavy atom. The minimum atomic E-state index is 0.540. The van der Waals surface area contributed by atoms with Crippen LogP contribution in [0.25, 0.3) is 0 Å². The Bertz CT molecular complexity index is 542. The lowest BCUT2D eigenvalue weighted by molar-refractivity contribution is 0.592. The number of benzene rings is 2. The van der Waals surface area contributed by atoms with Gasteiger partial charge in [0.25, 0.3) is 0 Å². The largest absolute Gasteiger partial charge is 0.316 e. The maximum atomic E-state index is 3.52. The molecule has 0 radical (unpaired) electrons. The topological polar surface area (TPSA) is 12.0 Å². The van der Waals surface area contributed by atoms with Crippen LogP contribution >= 0.6 is 0 Å². The van der Waals surface area contributed by atoms with Gasteiger partial charge in [-0.05, 0) is 48.6 Å².